The van der Waals surface area contributed by atoms with Crippen LogP contribution < -0.4 is 4.74 Å². The smallest absolute Gasteiger partial charge is 0.240 e. The molecule has 0 saturated heterocycles. The van der Waals surface area contributed by atoms with Gasteiger partial charge in [-0.3, -0.25) is 0 Å². The first kappa shape index (κ1) is 12.9. The third-order valence-corrected chi connectivity index (χ3v) is 2.93. The van der Waals surface area contributed by atoms with Crippen molar-refractivity contribution in [3.63, 3.8) is 0 Å². The summed E-state index contributed by atoms with van der Waals surface area (Å²) in [5.41, 5.74) is 0.880. The van der Waals surface area contributed by atoms with Gasteiger partial charge in [0, 0.05) is 23.4 Å². The lowest BCUT2D eigenvalue weighted by Gasteiger charge is -2.02. The average Bonchev–Trinajstić information content (AvgIpc) is 2.88. The van der Waals surface area contributed by atoms with Crippen LogP contribution in [0.25, 0.3) is 5.69 Å². The number of aromatic nitrogens is 4. The SMILES string of the molecule is Clc1ccc(-n2ccc(Oc3cc(Cl)ncn3)n2)cc1. The molecule has 0 spiro atoms. The van der Waals surface area contributed by atoms with Crippen LogP contribution in [-0.2, 0) is 0 Å². The number of halogens is 2. The first-order valence-corrected chi connectivity index (χ1v) is 6.43. The van der Waals surface area contributed by atoms with Crippen molar-refractivity contribution in [3.05, 3.63) is 59.1 Å². The number of hydrogen-bond donors (Lipinski definition) is 0. The van der Waals surface area contributed by atoms with Crippen LogP contribution in [0.5, 0.6) is 11.8 Å². The largest absolute Gasteiger partial charge is 0.419 e. The van der Waals surface area contributed by atoms with E-state index in [4.69, 9.17) is 27.9 Å². The van der Waals surface area contributed by atoms with Gasteiger partial charge in [-0.1, -0.05) is 23.2 Å². The predicted octanol–water partition coefficient (Wildman–Crippen LogP) is 3.76. The Hall–Kier alpha value is -2.11. The summed E-state index contributed by atoms with van der Waals surface area (Å²) in [6.07, 6.45) is 3.11. The monoisotopic (exact) mass is 306 g/mol. The molecule has 0 unspecified atom stereocenters. The summed E-state index contributed by atoms with van der Waals surface area (Å²) in [6, 6.07) is 10.6. The second-order valence-electron chi connectivity index (χ2n) is 3.86. The summed E-state index contributed by atoms with van der Waals surface area (Å²) in [6.45, 7) is 0. The van der Waals surface area contributed by atoms with Crippen LogP contribution in [0.2, 0.25) is 10.2 Å². The standard InChI is InChI=1S/C13H8Cl2N4O/c14-9-1-3-10(4-2-9)19-6-5-12(18-19)20-13-7-11(15)16-8-17-13/h1-8H. The lowest BCUT2D eigenvalue weighted by atomic mass is 10.3. The molecule has 0 aliphatic rings. The summed E-state index contributed by atoms with van der Waals surface area (Å²) in [5, 5.41) is 5.27. The Morgan fingerprint density at radius 2 is 1.75 bits per heavy atom. The van der Waals surface area contributed by atoms with Gasteiger partial charge in [-0.2, -0.15) is 0 Å². The van der Waals surface area contributed by atoms with Crippen LogP contribution in [-0.4, -0.2) is 19.7 Å². The molecule has 5 nitrogen and oxygen atoms in total. The van der Waals surface area contributed by atoms with Crippen molar-refractivity contribution in [1.29, 1.82) is 0 Å². The van der Waals surface area contributed by atoms with Crippen molar-refractivity contribution >= 4 is 23.2 Å². The van der Waals surface area contributed by atoms with Crippen molar-refractivity contribution in [2.75, 3.05) is 0 Å². The minimum absolute atomic E-state index is 0.312. The van der Waals surface area contributed by atoms with Gasteiger partial charge < -0.3 is 4.74 Å². The molecule has 2 heterocycles. The van der Waals surface area contributed by atoms with Gasteiger partial charge in [0.25, 0.3) is 0 Å². The Kier molecular flexibility index (Phi) is 3.54. The highest BCUT2D eigenvalue weighted by molar-refractivity contribution is 6.30. The van der Waals surface area contributed by atoms with E-state index >= 15 is 0 Å². The molecule has 0 bridgehead atoms. The molecular formula is C13H8Cl2N4O. The summed E-state index contributed by atoms with van der Waals surface area (Å²) in [5.74, 6) is 0.751. The van der Waals surface area contributed by atoms with Crippen LogP contribution in [0.3, 0.4) is 0 Å². The van der Waals surface area contributed by atoms with E-state index in [-0.39, 0.29) is 0 Å². The van der Waals surface area contributed by atoms with Gasteiger partial charge in [-0.25, -0.2) is 14.6 Å². The van der Waals surface area contributed by atoms with E-state index in [0.717, 1.165) is 5.69 Å². The Balaban J connectivity index is 1.82. The second kappa shape index (κ2) is 5.48. The fourth-order valence-electron chi connectivity index (χ4n) is 1.58. The number of rotatable bonds is 3. The minimum Gasteiger partial charge on any atom is -0.419 e. The molecule has 0 fully saturated rings. The maximum absolute atomic E-state index is 5.85. The van der Waals surface area contributed by atoms with E-state index in [1.165, 1.54) is 12.4 Å². The van der Waals surface area contributed by atoms with E-state index in [0.29, 0.717) is 21.9 Å². The highest BCUT2D eigenvalue weighted by Gasteiger charge is 2.05. The number of ether oxygens (including phenoxy) is 1. The molecule has 0 atom stereocenters. The average molecular weight is 307 g/mol. The molecule has 0 saturated carbocycles. The van der Waals surface area contributed by atoms with Crippen LogP contribution in [0.4, 0.5) is 0 Å². The molecule has 1 aromatic carbocycles. The molecule has 2 aromatic heterocycles. The van der Waals surface area contributed by atoms with E-state index in [2.05, 4.69) is 15.1 Å². The van der Waals surface area contributed by atoms with Crippen LogP contribution in [0.1, 0.15) is 0 Å². The van der Waals surface area contributed by atoms with Gasteiger partial charge >= 0.3 is 0 Å². The zero-order valence-electron chi connectivity index (χ0n) is 10.1. The Labute approximate surface area is 124 Å². The highest BCUT2D eigenvalue weighted by Crippen LogP contribution is 2.20. The van der Waals surface area contributed by atoms with Gasteiger partial charge in [0.05, 0.1) is 5.69 Å². The first-order valence-electron chi connectivity index (χ1n) is 5.68. The summed E-state index contributed by atoms with van der Waals surface area (Å²) in [7, 11) is 0. The second-order valence-corrected chi connectivity index (χ2v) is 4.68. The van der Waals surface area contributed by atoms with E-state index in [1.54, 1.807) is 29.1 Å². The zero-order valence-corrected chi connectivity index (χ0v) is 11.6. The van der Waals surface area contributed by atoms with E-state index in [1.807, 2.05) is 12.1 Å². The topological polar surface area (TPSA) is 52.8 Å². The fraction of sp³-hybridized carbons (Fsp3) is 0. The third-order valence-electron chi connectivity index (χ3n) is 2.47. The van der Waals surface area contributed by atoms with Crippen molar-refractivity contribution in [2.24, 2.45) is 0 Å². The quantitative estimate of drug-likeness (QED) is 0.691. The van der Waals surface area contributed by atoms with Crippen molar-refractivity contribution in [3.8, 4) is 17.4 Å². The molecule has 0 amide bonds. The molecule has 0 radical (unpaired) electrons. The van der Waals surface area contributed by atoms with Crippen molar-refractivity contribution in [1.82, 2.24) is 19.7 Å². The molecule has 7 heteroatoms. The molecule has 3 rings (SSSR count). The zero-order chi connectivity index (χ0) is 13.9. The van der Waals surface area contributed by atoms with Gasteiger partial charge in [0.1, 0.15) is 11.5 Å². The maximum atomic E-state index is 5.85. The molecule has 0 N–H and O–H groups in total. The van der Waals surface area contributed by atoms with E-state index in [9.17, 15) is 0 Å². The molecule has 0 aliphatic heterocycles. The lowest BCUT2D eigenvalue weighted by Crippen LogP contribution is -1.95. The predicted molar refractivity (Wildman–Crippen MR) is 75.7 cm³/mol. The van der Waals surface area contributed by atoms with Crippen LogP contribution in [0, 0.1) is 0 Å². The number of nitrogens with zero attached hydrogens (tertiary/aromatic N) is 4. The van der Waals surface area contributed by atoms with E-state index < -0.39 is 0 Å². The maximum Gasteiger partial charge on any atom is 0.240 e. The Morgan fingerprint density at radius 3 is 2.50 bits per heavy atom. The van der Waals surface area contributed by atoms with Gasteiger partial charge in [-0.05, 0) is 24.3 Å². The Bertz CT molecular complexity index is 727. The molecular weight excluding hydrogens is 299 g/mol. The molecule has 0 aliphatic carbocycles. The third kappa shape index (κ3) is 2.89. The number of benzene rings is 1. The molecule has 20 heavy (non-hydrogen) atoms. The van der Waals surface area contributed by atoms with Gasteiger partial charge in [0.2, 0.25) is 11.8 Å². The van der Waals surface area contributed by atoms with Gasteiger partial charge in [-0.15, -0.1) is 5.10 Å². The molecule has 3 aromatic rings. The number of hydrogen-bond acceptors (Lipinski definition) is 4. The highest BCUT2D eigenvalue weighted by atomic mass is 35.5. The van der Waals surface area contributed by atoms with Crippen molar-refractivity contribution < 1.29 is 4.74 Å². The Morgan fingerprint density at radius 1 is 0.950 bits per heavy atom. The minimum atomic E-state index is 0.312. The summed E-state index contributed by atoms with van der Waals surface area (Å²) in [4.78, 5) is 7.72. The first-order chi connectivity index (χ1) is 9.70. The summed E-state index contributed by atoms with van der Waals surface area (Å²) < 4.78 is 7.17. The summed E-state index contributed by atoms with van der Waals surface area (Å²) >= 11 is 11.6. The molecule has 100 valence electrons. The van der Waals surface area contributed by atoms with Gasteiger partial charge in [0.15, 0.2) is 0 Å². The normalized spacial score (nSPS) is 10.5. The van der Waals surface area contributed by atoms with Crippen LogP contribution in [0.15, 0.2) is 48.9 Å². The lowest BCUT2D eigenvalue weighted by molar-refractivity contribution is 0.439. The fourth-order valence-corrected chi connectivity index (χ4v) is 1.84. The van der Waals surface area contributed by atoms with Crippen molar-refractivity contribution in [2.45, 2.75) is 0 Å². The van der Waals surface area contributed by atoms with Crippen LogP contribution >= 0.6 is 23.2 Å².